The number of aromatic nitrogens is 2. The topological polar surface area (TPSA) is 72.0 Å². The van der Waals surface area contributed by atoms with E-state index in [9.17, 15) is 9.59 Å². The third-order valence-electron chi connectivity index (χ3n) is 4.80. The smallest absolute Gasteiger partial charge is 0.306 e. The standard InChI is InChI=1S/C19H26N2O3S/c1-10(2)5-8-15(22)24-12(4)17-20-18(23)16-13-7-6-11(3)9-14(13)25-19(16)21-17/h10-12H,5-9H2,1-4H3,(H,20,21,23)/t11-,12+/m1/s1. The average Bonchev–Trinajstić information content (AvgIpc) is 2.90. The Bertz CT molecular complexity index is 837. The van der Waals surface area contributed by atoms with Crippen molar-refractivity contribution in [2.24, 2.45) is 11.8 Å². The predicted molar refractivity (Wildman–Crippen MR) is 100 cm³/mol. The number of rotatable bonds is 5. The lowest BCUT2D eigenvalue weighted by atomic mass is 9.89. The Hall–Kier alpha value is -1.69. The molecule has 0 aromatic carbocycles. The van der Waals surface area contributed by atoms with E-state index in [4.69, 9.17) is 4.74 Å². The van der Waals surface area contributed by atoms with E-state index in [0.29, 0.717) is 24.1 Å². The summed E-state index contributed by atoms with van der Waals surface area (Å²) in [4.78, 5) is 34.0. The predicted octanol–water partition coefficient (Wildman–Crippen LogP) is 4.15. The maximum Gasteiger partial charge on any atom is 0.306 e. The highest BCUT2D eigenvalue weighted by molar-refractivity contribution is 7.18. The number of hydrogen-bond acceptors (Lipinski definition) is 5. The number of hydrogen-bond donors (Lipinski definition) is 1. The lowest BCUT2D eigenvalue weighted by Gasteiger charge is -2.17. The Morgan fingerprint density at radius 1 is 1.40 bits per heavy atom. The molecule has 0 spiro atoms. The minimum Gasteiger partial charge on any atom is -0.454 e. The van der Waals surface area contributed by atoms with Crippen molar-refractivity contribution in [1.29, 1.82) is 0 Å². The van der Waals surface area contributed by atoms with Gasteiger partial charge in [-0.05, 0) is 50.0 Å². The lowest BCUT2D eigenvalue weighted by molar-refractivity contribution is -0.149. The van der Waals surface area contributed by atoms with Crippen molar-refractivity contribution in [2.75, 3.05) is 0 Å². The van der Waals surface area contributed by atoms with E-state index in [1.54, 1.807) is 18.3 Å². The molecule has 3 rings (SSSR count). The van der Waals surface area contributed by atoms with Gasteiger partial charge in [0.05, 0.1) is 5.39 Å². The number of nitrogens with one attached hydrogen (secondary N) is 1. The number of esters is 1. The first-order valence-corrected chi connectivity index (χ1v) is 9.90. The maximum atomic E-state index is 12.6. The first-order valence-electron chi connectivity index (χ1n) is 9.09. The highest BCUT2D eigenvalue weighted by atomic mass is 32.1. The fourth-order valence-electron chi connectivity index (χ4n) is 3.28. The molecule has 25 heavy (non-hydrogen) atoms. The molecular formula is C19H26N2O3S. The van der Waals surface area contributed by atoms with Crippen LogP contribution in [-0.4, -0.2) is 15.9 Å². The Labute approximate surface area is 151 Å². The van der Waals surface area contributed by atoms with E-state index >= 15 is 0 Å². The highest BCUT2D eigenvalue weighted by Crippen LogP contribution is 2.35. The van der Waals surface area contributed by atoms with Gasteiger partial charge in [-0.2, -0.15) is 0 Å². The van der Waals surface area contributed by atoms with E-state index in [0.717, 1.165) is 35.9 Å². The molecule has 0 bridgehead atoms. The number of fused-ring (bicyclic) bond motifs is 3. The zero-order valence-electron chi connectivity index (χ0n) is 15.3. The van der Waals surface area contributed by atoms with Gasteiger partial charge in [-0.3, -0.25) is 9.59 Å². The third kappa shape index (κ3) is 3.94. The van der Waals surface area contributed by atoms with Crippen molar-refractivity contribution in [3.05, 3.63) is 26.6 Å². The van der Waals surface area contributed by atoms with Crippen LogP contribution in [0.2, 0.25) is 0 Å². The van der Waals surface area contributed by atoms with Crippen LogP contribution in [0.25, 0.3) is 10.2 Å². The van der Waals surface area contributed by atoms with E-state index < -0.39 is 6.10 Å². The summed E-state index contributed by atoms with van der Waals surface area (Å²) in [6.45, 7) is 8.15. The zero-order valence-corrected chi connectivity index (χ0v) is 16.2. The van der Waals surface area contributed by atoms with E-state index in [-0.39, 0.29) is 11.5 Å². The van der Waals surface area contributed by atoms with Crippen molar-refractivity contribution in [1.82, 2.24) is 9.97 Å². The second-order valence-corrected chi connectivity index (χ2v) is 8.63. The van der Waals surface area contributed by atoms with Gasteiger partial charge in [0.15, 0.2) is 11.9 Å². The molecule has 2 aromatic rings. The van der Waals surface area contributed by atoms with Crippen molar-refractivity contribution in [2.45, 2.75) is 65.9 Å². The minimum absolute atomic E-state index is 0.114. The van der Waals surface area contributed by atoms with Gasteiger partial charge in [-0.25, -0.2) is 4.98 Å². The van der Waals surface area contributed by atoms with Gasteiger partial charge in [0.1, 0.15) is 4.83 Å². The third-order valence-corrected chi connectivity index (χ3v) is 5.95. The van der Waals surface area contributed by atoms with Crippen molar-refractivity contribution >= 4 is 27.5 Å². The Morgan fingerprint density at radius 3 is 2.88 bits per heavy atom. The fraction of sp³-hybridized carbons (Fsp3) is 0.632. The molecular weight excluding hydrogens is 336 g/mol. The molecule has 0 saturated heterocycles. The summed E-state index contributed by atoms with van der Waals surface area (Å²) in [5.41, 5.74) is 1.05. The number of carbonyl (C=O) groups is 1. The quantitative estimate of drug-likeness (QED) is 0.811. The molecule has 0 radical (unpaired) electrons. The van der Waals surface area contributed by atoms with Crippen LogP contribution in [0.1, 0.15) is 69.3 Å². The summed E-state index contributed by atoms with van der Waals surface area (Å²) >= 11 is 1.61. The summed E-state index contributed by atoms with van der Waals surface area (Å²) in [5.74, 6) is 1.29. The van der Waals surface area contributed by atoms with Gasteiger partial charge >= 0.3 is 5.97 Å². The Kier molecular flexibility index (Phi) is 5.27. The zero-order chi connectivity index (χ0) is 18.1. The molecule has 136 valence electrons. The second-order valence-electron chi connectivity index (χ2n) is 7.55. The number of thiophene rings is 1. The van der Waals surface area contributed by atoms with Crippen LogP contribution in [0.3, 0.4) is 0 Å². The summed E-state index contributed by atoms with van der Waals surface area (Å²) in [5, 5.41) is 0.731. The summed E-state index contributed by atoms with van der Waals surface area (Å²) in [7, 11) is 0. The molecule has 5 nitrogen and oxygen atoms in total. The normalized spacial score (nSPS) is 18.4. The van der Waals surface area contributed by atoms with Crippen LogP contribution in [0.4, 0.5) is 0 Å². The van der Waals surface area contributed by atoms with Crippen LogP contribution in [-0.2, 0) is 22.4 Å². The maximum absolute atomic E-state index is 12.6. The molecule has 1 aliphatic carbocycles. The molecule has 0 unspecified atom stereocenters. The Balaban J connectivity index is 1.83. The van der Waals surface area contributed by atoms with Gasteiger partial charge in [0, 0.05) is 11.3 Å². The first-order chi connectivity index (χ1) is 11.8. The number of aromatic amines is 1. The van der Waals surface area contributed by atoms with Crippen LogP contribution in [0, 0.1) is 11.8 Å². The SMILES string of the molecule is CC(C)CCC(=O)O[C@@H](C)c1nc2sc3c(c2c(=O)[nH]1)CC[C@@H](C)C3. The largest absolute Gasteiger partial charge is 0.454 e. The minimum atomic E-state index is -0.546. The van der Waals surface area contributed by atoms with Crippen molar-refractivity contribution in [3.8, 4) is 0 Å². The number of aryl methyl sites for hydroxylation is 1. The van der Waals surface area contributed by atoms with Gasteiger partial charge in [0.2, 0.25) is 0 Å². The van der Waals surface area contributed by atoms with Gasteiger partial charge in [0.25, 0.3) is 5.56 Å². The molecule has 2 heterocycles. The highest BCUT2D eigenvalue weighted by Gasteiger charge is 2.24. The monoisotopic (exact) mass is 362 g/mol. The molecule has 6 heteroatoms. The molecule has 1 aliphatic rings. The summed E-state index contributed by atoms with van der Waals surface area (Å²) in [6.07, 6.45) is 3.72. The fourth-order valence-corrected chi connectivity index (χ4v) is 4.67. The molecule has 0 aliphatic heterocycles. The van der Waals surface area contributed by atoms with Gasteiger partial charge < -0.3 is 9.72 Å². The Morgan fingerprint density at radius 2 is 2.16 bits per heavy atom. The van der Waals surface area contributed by atoms with Crippen LogP contribution in [0.15, 0.2) is 4.79 Å². The average molecular weight is 362 g/mol. The van der Waals surface area contributed by atoms with E-state index in [2.05, 4.69) is 30.7 Å². The van der Waals surface area contributed by atoms with Crippen LogP contribution in [0.5, 0.6) is 0 Å². The van der Waals surface area contributed by atoms with E-state index in [1.807, 2.05) is 0 Å². The van der Waals surface area contributed by atoms with Gasteiger partial charge in [-0.1, -0.05) is 20.8 Å². The van der Waals surface area contributed by atoms with Crippen molar-refractivity contribution in [3.63, 3.8) is 0 Å². The molecule has 2 aromatic heterocycles. The lowest BCUT2D eigenvalue weighted by Crippen LogP contribution is -2.18. The van der Waals surface area contributed by atoms with E-state index in [1.165, 1.54) is 10.4 Å². The molecule has 1 N–H and O–H groups in total. The molecule has 0 saturated carbocycles. The number of ether oxygens (including phenoxy) is 1. The molecule has 0 fully saturated rings. The summed E-state index contributed by atoms with van der Waals surface area (Å²) in [6, 6.07) is 0. The molecule has 0 amide bonds. The number of carbonyl (C=O) groups excluding carboxylic acids is 1. The van der Waals surface area contributed by atoms with Gasteiger partial charge in [-0.15, -0.1) is 11.3 Å². The first kappa shape index (κ1) is 18.1. The summed E-state index contributed by atoms with van der Waals surface area (Å²) < 4.78 is 5.44. The number of H-pyrrole nitrogens is 1. The number of nitrogens with zero attached hydrogens (tertiary/aromatic N) is 1. The van der Waals surface area contributed by atoms with Crippen LogP contribution >= 0.6 is 11.3 Å². The van der Waals surface area contributed by atoms with Crippen molar-refractivity contribution < 1.29 is 9.53 Å². The second kappa shape index (κ2) is 7.28. The van der Waals surface area contributed by atoms with Crippen LogP contribution < -0.4 is 5.56 Å². The molecule has 2 atom stereocenters.